The maximum absolute atomic E-state index is 12.7. The average molecular weight is 192 g/mol. The number of alkyl halides is 1. The second-order valence-electron chi connectivity index (χ2n) is 2.04. The number of Topliss-reactive ketones (excluding diaryl/α,β-unsaturated/α-hetero) is 1. The molecule has 2 nitrogen and oxygen atoms in total. The van der Waals surface area contributed by atoms with E-state index in [0.717, 1.165) is 12.3 Å². The van der Waals surface area contributed by atoms with Gasteiger partial charge in [0.05, 0.1) is 11.8 Å². The Kier molecular flexibility index (Phi) is 2.70. The van der Waals surface area contributed by atoms with Crippen LogP contribution in [-0.2, 0) is 0 Å². The Labute approximate surface area is 72.2 Å². The van der Waals surface area contributed by atoms with Crippen molar-refractivity contribution in [2.75, 3.05) is 6.67 Å². The van der Waals surface area contributed by atoms with Gasteiger partial charge in [-0.2, -0.15) is 0 Å². The molecule has 0 amide bonds. The van der Waals surface area contributed by atoms with E-state index >= 15 is 0 Å². The molecule has 5 heteroatoms. The Morgan fingerprint density at radius 2 is 2.33 bits per heavy atom. The molecule has 12 heavy (non-hydrogen) atoms. The summed E-state index contributed by atoms with van der Waals surface area (Å²) in [5.74, 6) is -1.79. The number of rotatable bonds is 2. The zero-order valence-electron chi connectivity index (χ0n) is 5.85. The molecular weight excluding hydrogens is 188 g/mol. The number of carbonyl (C=O) groups is 1. The minimum atomic E-state index is -1.24. The Hall–Kier alpha value is -1.03. The molecule has 0 radical (unpaired) electrons. The first-order valence-corrected chi connectivity index (χ1v) is 3.43. The molecule has 1 rings (SSSR count). The lowest BCUT2D eigenvalue weighted by molar-refractivity contribution is 0.0954. The van der Waals surface area contributed by atoms with Gasteiger partial charge in [-0.3, -0.25) is 4.79 Å². The summed E-state index contributed by atoms with van der Waals surface area (Å²) in [4.78, 5) is 14.1. The van der Waals surface area contributed by atoms with Gasteiger partial charge >= 0.3 is 0 Å². The Morgan fingerprint density at radius 1 is 1.67 bits per heavy atom. The molecule has 0 N–H and O–H groups in total. The van der Waals surface area contributed by atoms with Crippen LogP contribution in [0.4, 0.5) is 8.78 Å². The van der Waals surface area contributed by atoms with Crippen molar-refractivity contribution in [1.82, 2.24) is 4.98 Å². The van der Waals surface area contributed by atoms with Gasteiger partial charge in [0.15, 0.2) is 18.3 Å². The molecule has 0 aliphatic heterocycles. The Bertz CT molecular complexity index is 316. The van der Waals surface area contributed by atoms with Gasteiger partial charge < -0.3 is 0 Å². The number of hydrogen-bond donors (Lipinski definition) is 0. The maximum atomic E-state index is 12.7. The van der Waals surface area contributed by atoms with Crippen LogP contribution in [-0.4, -0.2) is 17.4 Å². The van der Waals surface area contributed by atoms with Crippen LogP contribution in [0.3, 0.4) is 0 Å². The smallest absolute Gasteiger partial charge is 0.196 e. The highest BCUT2D eigenvalue weighted by molar-refractivity contribution is 6.29. The van der Waals surface area contributed by atoms with Crippen LogP contribution in [0.1, 0.15) is 10.4 Å². The highest BCUT2D eigenvalue weighted by Gasteiger charge is 2.11. The summed E-state index contributed by atoms with van der Waals surface area (Å²) in [7, 11) is 0. The zero-order valence-corrected chi connectivity index (χ0v) is 6.61. The summed E-state index contributed by atoms with van der Waals surface area (Å²) in [5, 5.41) is -0.0341. The number of pyridine rings is 1. The SMILES string of the molecule is O=C(CF)c1cc(Cl)ncc1F. The predicted octanol–water partition coefficient (Wildman–Crippen LogP) is 2.03. The van der Waals surface area contributed by atoms with Crippen LogP contribution in [0.25, 0.3) is 0 Å². The van der Waals surface area contributed by atoms with Gasteiger partial charge in [0.1, 0.15) is 5.15 Å². The largest absolute Gasteiger partial charge is 0.291 e. The number of carbonyl (C=O) groups excluding carboxylic acids is 1. The van der Waals surface area contributed by atoms with Crippen LogP contribution in [0.15, 0.2) is 12.3 Å². The normalized spacial score (nSPS) is 9.92. The number of nitrogens with zero attached hydrogens (tertiary/aromatic N) is 1. The van der Waals surface area contributed by atoms with E-state index in [1.54, 1.807) is 0 Å². The molecule has 0 fully saturated rings. The molecule has 1 heterocycles. The molecule has 0 saturated heterocycles. The first kappa shape index (κ1) is 9.06. The molecule has 0 atom stereocenters. The summed E-state index contributed by atoms with van der Waals surface area (Å²) in [6.07, 6.45) is 0.783. The van der Waals surface area contributed by atoms with Crippen molar-refractivity contribution < 1.29 is 13.6 Å². The topological polar surface area (TPSA) is 30.0 Å². The lowest BCUT2D eigenvalue weighted by Crippen LogP contribution is -2.04. The lowest BCUT2D eigenvalue weighted by atomic mass is 10.2. The molecule has 1 aromatic rings. The van der Waals surface area contributed by atoms with E-state index in [1.165, 1.54) is 0 Å². The molecule has 0 aliphatic carbocycles. The monoisotopic (exact) mass is 191 g/mol. The van der Waals surface area contributed by atoms with Crippen molar-refractivity contribution >= 4 is 17.4 Å². The van der Waals surface area contributed by atoms with Gasteiger partial charge in [-0.05, 0) is 6.07 Å². The number of halogens is 3. The third-order valence-corrected chi connectivity index (χ3v) is 1.45. The van der Waals surface area contributed by atoms with Gasteiger partial charge in [0.2, 0.25) is 0 Å². The summed E-state index contributed by atoms with van der Waals surface area (Å²) >= 11 is 5.37. The predicted molar refractivity (Wildman–Crippen MR) is 39.5 cm³/mol. The first-order chi connectivity index (χ1) is 5.65. The fourth-order valence-corrected chi connectivity index (χ4v) is 0.857. The zero-order chi connectivity index (χ0) is 9.14. The minimum Gasteiger partial charge on any atom is -0.291 e. The number of aromatic nitrogens is 1. The summed E-state index contributed by atoms with van der Waals surface area (Å²) in [5.41, 5.74) is -0.363. The quantitative estimate of drug-likeness (QED) is 0.529. The molecule has 0 aliphatic rings. The summed E-state index contributed by atoms with van der Waals surface area (Å²) in [6.45, 7) is -1.24. The van der Waals surface area contributed by atoms with Gasteiger partial charge in [0, 0.05) is 0 Å². The fraction of sp³-hybridized carbons (Fsp3) is 0.143. The highest BCUT2D eigenvalue weighted by Crippen LogP contribution is 2.12. The molecule has 0 aromatic carbocycles. The van der Waals surface area contributed by atoms with Crippen LogP contribution < -0.4 is 0 Å². The number of ketones is 1. The third kappa shape index (κ3) is 1.76. The second kappa shape index (κ2) is 3.58. The Morgan fingerprint density at radius 3 is 2.92 bits per heavy atom. The van der Waals surface area contributed by atoms with Gasteiger partial charge in [0.25, 0.3) is 0 Å². The molecule has 0 saturated carbocycles. The van der Waals surface area contributed by atoms with Crippen molar-refractivity contribution in [1.29, 1.82) is 0 Å². The van der Waals surface area contributed by atoms with Crippen molar-refractivity contribution in [2.45, 2.75) is 0 Å². The van der Waals surface area contributed by atoms with E-state index < -0.39 is 18.3 Å². The first-order valence-electron chi connectivity index (χ1n) is 3.05. The second-order valence-corrected chi connectivity index (χ2v) is 2.43. The highest BCUT2D eigenvalue weighted by atomic mass is 35.5. The van der Waals surface area contributed by atoms with Crippen LogP contribution in [0.2, 0.25) is 5.15 Å². The van der Waals surface area contributed by atoms with Gasteiger partial charge in [-0.25, -0.2) is 13.8 Å². The molecule has 1 aromatic heterocycles. The third-order valence-electron chi connectivity index (χ3n) is 1.24. The summed E-state index contributed by atoms with van der Waals surface area (Å²) in [6, 6.07) is 0.999. The minimum absolute atomic E-state index is 0.0341. The average Bonchev–Trinajstić information content (AvgIpc) is 2.08. The van der Waals surface area contributed by atoms with Crippen molar-refractivity contribution in [3.8, 4) is 0 Å². The van der Waals surface area contributed by atoms with Gasteiger partial charge in [-0.1, -0.05) is 11.6 Å². The molecular formula is C7H4ClF2NO. The van der Waals surface area contributed by atoms with E-state index in [0.29, 0.717) is 0 Å². The summed E-state index contributed by atoms with van der Waals surface area (Å²) < 4.78 is 24.5. The van der Waals surface area contributed by atoms with E-state index in [4.69, 9.17) is 11.6 Å². The Balaban J connectivity index is 3.13. The molecule has 64 valence electrons. The van der Waals surface area contributed by atoms with Crippen LogP contribution >= 0.6 is 11.6 Å². The fourth-order valence-electron chi connectivity index (χ4n) is 0.699. The van der Waals surface area contributed by atoms with Gasteiger partial charge in [-0.15, -0.1) is 0 Å². The van der Waals surface area contributed by atoms with E-state index in [1.807, 2.05) is 0 Å². The molecule has 0 unspecified atom stereocenters. The van der Waals surface area contributed by atoms with Crippen molar-refractivity contribution in [3.05, 3.63) is 28.8 Å². The molecule has 0 spiro atoms. The maximum Gasteiger partial charge on any atom is 0.196 e. The standard InChI is InChI=1S/C7H4ClF2NO/c8-7-1-4(6(12)2-9)5(10)3-11-7/h1,3H,2H2. The number of hydrogen-bond acceptors (Lipinski definition) is 2. The van der Waals surface area contributed by atoms with Crippen LogP contribution in [0, 0.1) is 5.82 Å². The van der Waals surface area contributed by atoms with E-state index in [2.05, 4.69) is 4.98 Å². The van der Waals surface area contributed by atoms with Crippen molar-refractivity contribution in [3.63, 3.8) is 0 Å². The van der Waals surface area contributed by atoms with E-state index in [-0.39, 0.29) is 10.7 Å². The van der Waals surface area contributed by atoms with E-state index in [9.17, 15) is 13.6 Å². The molecule has 0 bridgehead atoms. The van der Waals surface area contributed by atoms with Crippen molar-refractivity contribution in [2.24, 2.45) is 0 Å². The lowest BCUT2D eigenvalue weighted by Gasteiger charge is -1.97. The van der Waals surface area contributed by atoms with Crippen LogP contribution in [0.5, 0.6) is 0 Å².